The zero-order valence-electron chi connectivity index (χ0n) is 53.1. The van der Waals surface area contributed by atoms with Crippen LogP contribution in [0.1, 0.15) is 147 Å². The number of alkyl halides is 1. The maximum absolute atomic E-state index is 14.8. The summed E-state index contributed by atoms with van der Waals surface area (Å²) in [5.74, 6) is -0.269. The fourth-order valence-electron chi connectivity index (χ4n) is 15.3. The Labute approximate surface area is 549 Å². The third kappa shape index (κ3) is 13.7. The molecule has 6 heterocycles. The number of para-hydroxylation sites is 1. The molecule has 3 atom stereocenters. The second-order valence-corrected chi connectivity index (χ2v) is 31.7. The van der Waals surface area contributed by atoms with Crippen molar-refractivity contribution in [2.45, 2.75) is 162 Å². The first-order valence-corrected chi connectivity index (χ1v) is 35.9. The molecule has 3 aromatic carbocycles. The summed E-state index contributed by atoms with van der Waals surface area (Å²) in [6.07, 6.45) is 10.1. The van der Waals surface area contributed by atoms with Gasteiger partial charge in [0.05, 0.1) is 51.0 Å². The van der Waals surface area contributed by atoms with E-state index in [1.165, 1.54) is 66.1 Å². The molecular formula is C69H80FN11O9S3. The fraction of sp³-hybridized carbons (Fsp3) is 0.493. The quantitative estimate of drug-likeness (QED) is 0.0396. The molecule has 5 aliphatic carbocycles. The van der Waals surface area contributed by atoms with E-state index in [1.54, 1.807) is 38.5 Å². The third-order valence-electron chi connectivity index (χ3n) is 19.9. The molecule has 4 aromatic heterocycles. The molecule has 0 radical (unpaired) electrons. The van der Waals surface area contributed by atoms with Gasteiger partial charge in [-0.25, -0.2) is 32.5 Å². The first-order valence-electron chi connectivity index (χ1n) is 32.5. The highest BCUT2D eigenvalue weighted by molar-refractivity contribution is 7.90. The Kier molecular flexibility index (Phi) is 17.6. The summed E-state index contributed by atoms with van der Waals surface area (Å²) in [7, 11) is -4.21. The number of β-amino-alcohol motifs (C(OH)–C–C–N with tert-alkyl or cyclic N) is 1. The summed E-state index contributed by atoms with van der Waals surface area (Å²) in [5.41, 5.74) is 6.52. The van der Waals surface area contributed by atoms with Gasteiger partial charge in [0.1, 0.15) is 29.3 Å². The van der Waals surface area contributed by atoms with Crippen LogP contribution in [0.4, 0.5) is 15.3 Å². The van der Waals surface area contributed by atoms with Crippen LogP contribution in [0.15, 0.2) is 84.5 Å². The molecule has 5 N–H and O–H groups in total. The van der Waals surface area contributed by atoms with Crippen molar-refractivity contribution in [3.63, 3.8) is 0 Å². The summed E-state index contributed by atoms with van der Waals surface area (Å²) >= 11 is 2.87. The Morgan fingerprint density at radius 1 is 0.882 bits per heavy atom. The number of nitrogens with one attached hydrogen (secondary N) is 4. The van der Waals surface area contributed by atoms with E-state index in [0.717, 1.165) is 67.5 Å². The largest absolute Gasteiger partial charge is 0.493 e. The first-order chi connectivity index (χ1) is 44.5. The number of carbonyl (C=O) groups is 5. The van der Waals surface area contributed by atoms with Crippen molar-refractivity contribution in [2.24, 2.45) is 28.6 Å². The minimum Gasteiger partial charge on any atom is -0.493 e. The highest BCUT2D eigenvalue weighted by atomic mass is 32.2. The fourth-order valence-corrected chi connectivity index (χ4v) is 18.1. The van der Waals surface area contributed by atoms with Crippen LogP contribution in [-0.2, 0) is 50.5 Å². The van der Waals surface area contributed by atoms with Crippen molar-refractivity contribution in [1.29, 1.82) is 0 Å². The summed E-state index contributed by atoms with van der Waals surface area (Å²) in [5, 5.41) is 24.8. The van der Waals surface area contributed by atoms with Crippen LogP contribution in [0.3, 0.4) is 0 Å². The number of anilines is 2. The smallest absolute Gasteiger partial charge is 0.284 e. The molecule has 4 bridgehead atoms. The highest BCUT2D eigenvalue weighted by Gasteiger charge is 2.54. The number of aromatic nitrogens is 5. The van der Waals surface area contributed by atoms with E-state index in [0.29, 0.717) is 71.3 Å². The van der Waals surface area contributed by atoms with Crippen molar-refractivity contribution in [3.05, 3.63) is 124 Å². The number of hydrogen-bond acceptors (Lipinski definition) is 16. The number of benzene rings is 3. The number of nitrogens with zero attached hydrogens (tertiary/aromatic N) is 7. The number of hydrogen-bond donors (Lipinski definition) is 5. The van der Waals surface area contributed by atoms with Gasteiger partial charge in [0.15, 0.2) is 10.8 Å². The highest BCUT2D eigenvalue weighted by Crippen LogP contribution is 2.61. The molecule has 6 fully saturated rings. The number of aryl methyl sites for hydroxylation is 1. The number of unbranched alkanes of at least 4 members (excludes halogenated alkanes) is 2. The average molecular weight is 1320 g/mol. The molecule has 20 nitrogen and oxygen atoms in total. The van der Waals surface area contributed by atoms with Gasteiger partial charge < -0.3 is 30.3 Å². The van der Waals surface area contributed by atoms with Gasteiger partial charge >= 0.3 is 0 Å². The maximum Gasteiger partial charge on any atom is 0.284 e. The average Bonchev–Trinajstić information content (AvgIpc) is 1.21. The van der Waals surface area contributed by atoms with Gasteiger partial charge in [-0.05, 0) is 173 Å². The lowest BCUT2D eigenvalue weighted by Crippen LogP contribution is -2.59. The molecular weight excluding hydrogens is 1240 g/mol. The molecule has 7 aromatic rings. The van der Waals surface area contributed by atoms with Crippen LogP contribution in [-0.4, -0.2) is 122 Å². The number of ether oxygens (including phenoxy) is 1. The number of aliphatic hydroxyl groups excluding tert-OH is 1. The topological polar surface area (TPSA) is 260 Å². The molecule has 7 aliphatic rings. The van der Waals surface area contributed by atoms with Crippen molar-refractivity contribution >= 4 is 83.4 Å². The number of halogens is 1. The second-order valence-electron chi connectivity index (χ2n) is 27.9. The second kappa shape index (κ2) is 25.6. The van der Waals surface area contributed by atoms with E-state index in [2.05, 4.69) is 35.3 Å². The summed E-state index contributed by atoms with van der Waals surface area (Å²) < 4.78 is 54.8. The molecule has 490 valence electrons. The minimum atomic E-state index is -4.21. The van der Waals surface area contributed by atoms with Gasteiger partial charge in [-0.1, -0.05) is 68.5 Å². The Bertz CT molecular complexity index is 4110. The maximum atomic E-state index is 14.8. The van der Waals surface area contributed by atoms with Crippen LogP contribution >= 0.6 is 22.7 Å². The number of aliphatic hydroxyl groups is 1. The minimum absolute atomic E-state index is 0.00612. The Morgan fingerprint density at radius 2 is 1.65 bits per heavy atom. The zero-order valence-corrected chi connectivity index (χ0v) is 55.6. The van der Waals surface area contributed by atoms with Crippen LogP contribution in [0, 0.1) is 42.4 Å². The number of rotatable bonds is 22. The standard InChI is InChI=1S/C69H80FN11O9S3/c1-40-59(91-39-72-40)46-16-17-47(34-71-62(84)54-30-48(82)36-80(54)64(86)60(67(3,4)5)76-65(87)69(70)21-22-69)55(29-46)90-24-9-6-10-25-93(88,89)78-63(85)58-49(51-35-73-81(41(51)2)38-68-31-42-26-43(32-68)28-44(27-42)33-68)18-19-57(75-58)79-23-20-45-12-11-13-50(52(45)37-79)61(83)77-66-74-53-14-7-8-15-56(53)92-66/h7-8,11-19,29,35,39,42-44,48,54,60,82H,6,9-10,20-28,30-34,36-38H2,1-5H3,(H,71,84)(H,76,87)(H,78,85)(H,74,77,83)/t42?,43?,44?,48-,54-,60+,68?/m0/s1. The number of pyridine rings is 1. The number of sulfonamides is 1. The lowest BCUT2D eigenvalue weighted by Gasteiger charge is -2.56. The molecule has 14 rings (SSSR count). The number of carbonyl (C=O) groups excluding carboxylic acids is 5. The molecule has 24 heteroatoms. The van der Waals surface area contributed by atoms with Crippen molar-refractivity contribution in [1.82, 2.24) is 45.0 Å². The Hall–Kier alpha value is -7.67. The lowest BCUT2D eigenvalue weighted by molar-refractivity contribution is -0.145. The Morgan fingerprint density at radius 3 is 2.37 bits per heavy atom. The van der Waals surface area contributed by atoms with E-state index in [-0.39, 0.29) is 68.1 Å². The SMILES string of the molecule is Cc1ncsc1-c1ccc(CNC(=O)[C@@H]2C[C@H](O)CN2C(=O)[C@@H](NC(=O)C2(F)CC2)C(C)(C)C)c(OCCCCCS(=O)(=O)NC(=O)c2nc(N3CCc4cccc(C(=O)Nc5nc6ccccc6s5)c4C3)ccc2-c2cnn(CC34CC5CC(CC(C5)C3)C4)c2C)c1. The summed E-state index contributed by atoms with van der Waals surface area (Å²) in [4.78, 5) is 88.0. The Balaban J connectivity index is 0.681. The summed E-state index contributed by atoms with van der Waals surface area (Å²) in [6.45, 7) is 10.8. The molecule has 0 spiro atoms. The number of likely N-dealkylation sites (tertiary alicyclic amines) is 1. The van der Waals surface area contributed by atoms with Crippen molar-refractivity contribution in [3.8, 4) is 27.3 Å². The summed E-state index contributed by atoms with van der Waals surface area (Å²) in [6, 6.07) is 20.5. The van der Waals surface area contributed by atoms with Crippen LogP contribution in [0.25, 0.3) is 31.8 Å². The first kappa shape index (κ1) is 64.1. The number of fused-ring (bicyclic) bond motifs is 2. The van der Waals surface area contributed by atoms with E-state index < -0.39 is 62.9 Å². The zero-order chi connectivity index (χ0) is 65.1. The monoisotopic (exact) mass is 1320 g/mol. The predicted octanol–water partition coefficient (Wildman–Crippen LogP) is 10.2. The van der Waals surface area contributed by atoms with Crippen molar-refractivity contribution in [2.75, 3.05) is 35.7 Å². The molecule has 93 heavy (non-hydrogen) atoms. The van der Waals surface area contributed by atoms with Crippen LogP contribution in [0.2, 0.25) is 0 Å². The van der Waals surface area contributed by atoms with E-state index in [4.69, 9.17) is 14.8 Å². The molecule has 5 saturated carbocycles. The van der Waals surface area contributed by atoms with Gasteiger partial charge in [0.25, 0.3) is 17.7 Å². The molecule has 1 saturated heterocycles. The lowest BCUT2D eigenvalue weighted by atomic mass is 9.49. The van der Waals surface area contributed by atoms with Crippen LogP contribution in [0.5, 0.6) is 5.75 Å². The van der Waals surface area contributed by atoms with Crippen molar-refractivity contribution < 1.29 is 46.6 Å². The molecule has 5 amide bonds. The van der Waals surface area contributed by atoms with Crippen LogP contribution < -0.4 is 30.3 Å². The van der Waals surface area contributed by atoms with Gasteiger partial charge in [-0.3, -0.25) is 34.0 Å². The predicted molar refractivity (Wildman–Crippen MR) is 355 cm³/mol. The number of amides is 5. The van der Waals surface area contributed by atoms with E-state index >= 15 is 0 Å². The van der Waals surface area contributed by atoms with Gasteiger partial charge in [0.2, 0.25) is 21.8 Å². The number of thiazole rings is 2. The van der Waals surface area contributed by atoms with Gasteiger partial charge in [-0.2, -0.15) is 5.10 Å². The third-order valence-corrected chi connectivity index (χ3v) is 23.2. The van der Waals surface area contributed by atoms with E-state index in [1.807, 2.05) is 85.5 Å². The normalized spacial score (nSPS) is 22.3. The molecule has 2 aliphatic heterocycles. The van der Waals surface area contributed by atoms with E-state index in [9.17, 15) is 41.9 Å². The molecule has 0 unspecified atom stereocenters. The van der Waals surface area contributed by atoms with Gasteiger partial charge in [-0.15, -0.1) is 11.3 Å². The van der Waals surface area contributed by atoms with Gasteiger partial charge in [0, 0.05) is 67.1 Å².